The van der Waals surface area contributed by atoms with Crippen LogP contribution in [0.2, 0.25) is 0 Å². The smallest absolute Gasteiger partial charge is 0.136 e. The van der Waals surface area contributed by atoms with E-state index in [1.54, 1.807) is 0 Å². The predicted molar refractivity (Wildman–Crippen MR) is 262 cm³/mol. The molecule has 0 fully saturated rings. The van der Waals surface area contributed by atoms with Gasteiger partial charge in [-0.1, -0.05) is 147 Å². The van der Waals surface area contributed by atoms with Gasteiger partial charge in [0.2, 0.25) is 0 Å². The van der Waals surface area contributed by atoms with E-state index in [9.17, 15) is 0 Å². The summed E-state index contributed by atoms with van der Waals surface area (Å²) in [7, 11) is 0. The normalized spacial score (nSPS) is 15.1. The molecule has 0 aliphatic carbocycles. The van der Waals surface area contributed by atoms with Gasteiger partial charge in [0.15, 0.2) is 0 Å². The standard InChI is InChI=1S/C59H48N2O/c1-3-39(2)40-27-31-48(32-28-40)61-55-25-11-10-22-50(55)51-36-44(29-33-56(51)61)45-30-34-57-52(37-45)59-49(23-14-26-58(59)62-57)46-20-12-21-47(35-46)53-24-13-19-43(41-15-6-4-7-16-41)38-54(60-53)42-17-8-5-9-18-42/h4-12,14-18,20-23,25-39,53H,3,13,19,24H2,1-2H3. The van der Waals surface area contributed by atoms with E-state index in [4.69, 9.17) is 9.41 Å². The Kier molecular flexibility index (Phi) is 9.73. The van der Waals surface area contributed by atoms with E-state index in [0.717, 1.165) is 58.9 Å². The molecule has 2 unspecified atom stereocenters. The number of hydrogen-bond acceptors (Lipinski definition) is 2. The first-order chi connectivity index (χ1) is 30.6. The SMILES string of the molecule is CCC(C)c1ccc(-n2c3ccccc3c3cc(-c4ccc5oc6cccc(-c7cccc(C8CCCC(c9ccccc9)=CC(c9ccccc9)=N8)c7)c6c5c4)ccc32)cc1. The Hall–Kier alpha value is -7.23. The van der Waals surface area contributed by atoms with Gasteiger partial charge in [-0.15, -0.1) is 0 Å². The maximum Gasteiger partial charge on any atom is 0.136 e. The van der Waals surface area contributed by atoms with Gasteiger partial charge in [-0.05, 0) is 142 Å². The third-order valence-corrected chi connectivity index (χ3v) is 13.2. The number of nitrogens with zero attached hydrogens (tertiary/aromatic N) is 2. The minimum Gasteiger partial charge on any atom is -0.456 e. The zero-order valence-corrected chi connectivity index (χ0v) is 35.3. The van der Waals surface area contributed by atoms with Crippen molar-refractivity contribution in [3.05, 3.63) is 216 Å². The average Bonchev–Trinajstić information content (AvgIpc) is 3.87. The summed E-state index contributed by atoms with van der Waals surface area (Å²) < 4.78 is 8.98. The van der Waals surface area contributed by atoms with Crippen LogP contribution in [0.15, 0.2) is 204 Å². The minimum atomic E-state index is 0.0376. The number of rotatable bonds is 8. The minimum absolute atomic E-state index is 0.0376. The lowest BCUT2D eigenvalue weighted by Crippen LogP contribution is -2.07. The van der Waals surface area contributed by atoms with Crippen molar-refractivity contribution in [3.63, 3.8) is 0 Å². The van der Waals surface area contributed by atoms with Crippen LogP contribution in [0.25, 0.3) is 77.3 Å². The Morgan fingerprint density at radius 1 is 0.581 bits per heavy atom. The van der Waals surface area contributed by atoms with E-state index in [2.05, 4.69) is 213 Å². The molecule has 0 saturated carbocycles. The zero-order valence-electron chi connectivity index (χ0n) is 35.3. The molecular formula is C59H48N2O. The van der Waals surface area contributed by atoms with Crippen LogP contribution in [0, 0.1) is 0 Å². The van der Waals surface area contributed by atoms with Crippen LogP contribution in [0.5, 0.6) is 0 Å². The van der Waals surface area contributed by atoms with Crippen LogP contribution in [-0.4, -0.2) is 10.3 Å². The number of aromatic nitrogens is 1. The van der Waals surface area contributed by atoms with Crippen molar-refractivity contribution in [3.8, 4) is 27.9 Å². The first kappa shape index (κ1) is 37.7. The van der Waals surface area contributed by atoms with E-state index < -0.39 is 0 Å². The molecule has 0 N–H and O–H groups in total. The second-order valence-corrected chi connectivity index (χ2v) is 16.9. The number of aliphatic imine (C=N–C) groups is 1. The Bertz CT molecular complexity index is 3310. The Labute approximate surface area is 363 Å². The van der Waals surface area contributed by atoms with Gasteiger partial charge < -0.3 is 8.98 Å². The van der Waals surface area contributed by atoms with Gasteiger partial charge in [-0.3, -0.25) is 4.99 Å². The number of furan rings is 1. The van der Waals surface area contributed by atoms with E-state index in [-0.39, 0.29) is 6.04 Å². The first-order valence-corrected chi connectivity index (χ1v) is 22.2. The number of fused-ring (bicyclic) bond motifs is 6. The average molecular weight is 801 g/mol. The molecule has 0 spiro atoms. The summed E-state index contributed by atoms with van der Waals surface area (Å²) in [5.74, 6) is 0.544. The highest BCUT2D eigenvalue weighted by Gasteiger charge is 2.20. The van der Waals surface area contributed by atoms with Gasteiger partial charge in [0.05, 0.1) is 22.8 Å². The molecule has 0 radical (unpaired) electrons. The lowest BCUT2D eigenvalue weighted by molar-refractivity contribution is 0.621. The van der Waals surface area contributed by atoms with Gasteiger partial charge >= 0.3 is 0 Å². The highest BCUT2D eigenvalue weighted by molar-refractivity contribution is 6.15. The van der Waals surface area contributed by atoms with Gasteiger partial charge in [-0.2, -0.15) is 0 Å². The van der Waals surface area contributed by atoms with Crippen LogP contribution in [0.1, 0.15) is 73.7 Å². The molecule has 2 aromatic heterocycles. The molecule has 1 aliphatic rings. The number of hydrogen-bond donors (Lipinski definition) is 0. The molecule has 1 aliphatic heterocycles. The summed E-state index contributed by atoms with van der Waals surface area (Å²) in [5, 5.41) is 4.76. The molecule has 10 aromatic rings. The summed E-state index contributed by atoms with van der Waals surface area (Å²) >= 11 is 0. The zero-order chi connectivity index (χ0) is 41.6. The fraction of sp³-hybridized carbons (Fsp3) is 0.136. The summed E-state index contributed by atoms with van der Waals surface area (Å²) in [6, 6.07) is 68.5. The van der Waals surface area contributed by atoms with Crippen molar-refractivity contribution < 1.29 is 4.42 Å². The molecule has 3 heterocycles. The van der Waals surface area contributed by atoms with E-state index in [1.807, 2.05) is 0 Å². The molecular weight excluding hydrogens is 753 g/mol. The van der Waals surface area contributed by atoms with E-state index in [1.165, 1.54) is 72.0 Å². The second kappa shape index (κ2) is 16.0. The number of benzene rings is 8. The number of para-hydroxylation sites is 1. The molecule has 0 saturated heterocycles. The molecule has 8 aromatic carbocycles. The predicted octanol–water partition coefficient (Wildman–Crippen LogP) is 16.3. The van der Waals surface area contributed by atoms with Crippen molar-refractivity contribution in [1.82, 2.24) is 4.57 Å². The topological polar surface area (TPSA) is 30.4 Å². The Morgan fingerprint density at radius 3 is 2.08 bits per heavy atom. The fourth-order valence-corrected chi connectivity index (χ4v) is 9.66. The summed E-state index contributed by atoms with van der Waals surface area (Å²) in [6.07, 6.45) is 6.49. The maximum atomic E-state index is 6.57. The lowest BCUT2D eigenvalue weighted by atomic mass is 9.90. The maximum absolute atomic E-state index is 6.57. The second-order valence-electron chi connectivity index (χ2n) is 16.9. The summed E-state index contributed by atoms with van der Waals surface area (Å²) in [4.78, 5) is 5.53. The van der Waals surface area contributed by atoms with Gasteiger partial charge in [-0.25, -0.2) is 0 Å². The highest BCUT2D eigenvalue weighted by atomic mass is 16.3. The molecule has 11 rings (SSSR count). The van der Waals surface area contributed by atoms with Crippen LogP contribution in [-0.2, 0) is 0 Å². The number of allylic oxidation sites excluding steroid dienone is 2. The fourth-order valence-electron chi connectivity index (χ4n) is 9.66. The lowest BCUT2D eigenvalue weighted by Gasteiger charge is -2.20. The quantitative estimate of drug-likeness (QED) is 0.151. The van der Waals surface area contributed by atoms with Crippen LogP contribution >= 0.6 is 0 Å². The molecule has 62 heavy (non-hydrogen) atoms. The van der Waals surface area contributed by atoms with E-state index in [0.29, 0.717) is 5.92 Å². The molecule has 3 nitrogen and oxygen atoms in total. The van der Waals surface area contributed by atoms with Crippen LogP contribution in [0.3, 0.4) is 0 Å². The third-order valence-electron chi connectivity index (χ3n) is 13.2. The van der Waals surface area contributed by atoms with Gasteiger partial charge in [0.25, 0.3) is 0 Å². The molecule has 0 bridgehead atoms. The van der Waals surface area contributed by atoms with Gasteiger partial charge in [0.1, 0.15) is 11.2 Å². The largest absolute Gasteiger partial charge is 0.456 e. The van der Waals surface area contributed by atoms with Crippen molar-refractivity contribution in [2.24, 2.45) is 4.99 Å². The molecule has 3 heteroatoms. The van der Waals surface area contributed by atoms with Crippen molar-refractivity contribution in [2.75, 3.05) is 0 Å². The summed E-state index contributed by atoms with van der Waals surface area (Å²) in [5.41, 5.74) is 17.5. The molecule has 300 valence electrons. The monoisotopic (exact) mass is 800 g/mol. The molecule has 2 atom stereocenters. The molecule has 0 amide bonds. The van der Waals surface area contributed by atoms with E-state index >= 15 is 0 Å². The highest BCUT2D eigenvalue weighted by Crippen LogP contribution is 2.41. The Morgan fingerprint density at radius 2 is 1.27 bits per heavy atom. The Balaban J connectivity index is 0.985. The van der Waals surface area contributed by atoms with Crippen molar-refractivity contribution in [1.29, 1.82) is 0 Å². The van der Waals surface area contributed by atoms with Crippen molar-refractivity contribution >= 4 is 55.0 Å². The van der Waals surface area contributed by atoms with Crippen molar-refractivity contribution in [2.45, 2.75) is 51.5 Å². The van der Waals surface area contributed by atoms with Crippen LogP contribution < -0.4 is 0 Å². The first-order valence-electron chi connectivity index (χ1n) is 22.2. The third kappa shape index (κ3) is 6.84. The van der Waals surface area contributed by atoms with Crippen LogP contribution in [0.4, 0.5) is 0 Å². The van der Waals surface area contributed by atoms with Gasteiger partial charge in [0, 0.05) is 27.2 Å². The summed E-state index contributed by atoms with van der Waals surface area (Å²) in [6.45, 7) is 4.55.